The van der Waals surface area contributed by atoms with Crippen LogP contribution in [-0.4, -0.2) is 80.6 Å². The van der Waals surface area contributed by atoms with Gasteiger partial charge in [-0.05, 0) is 70.6 Å². The van der Waals surface area contributed by atoms with Gasteiger partial charge in [0.05, 0.1) is 34.4 Å². The molecular weight excluding hydrogens is 763 g/mol. The number of allylic oxidation sites excluding steroid dienone is 22. The number of likely N-dealkylation sites (N-methyl/N-ethyl adjacent to an activating group) is 1. The molecule has 0 aromatic carbocycles. The molecule has 340 valence electrons. The van der Waals surface area contributed by atoms with E-state index in [9.17, 15) is 19.5 Å². The lowest BCUT2D eigenvalue weighted by Crippen LogP contribution is -2.50. The molecule has 0 saturated carbocycles. The Labute approximate surface area is 371 Å². The third-order valence-corrected chi connectivity index (χ3v) is 9.16. The van der Waals surface area contributed by atoms with Crippen molar-refractivity contribution in [2.24, 2.45) is 0 Å². The second-order valence-corrected chi connectivity index (χ2v) is 15.7. The molecule has 0 aliphatic carbocycles. The minimum atomic E-state index is -0.897. The van der Waals surface area contributed by atoms with Gasteiger partial charge in [-0.3, -0.25) is 9.59 Å². The van der Waals surface area contributed by atoms with Crippen molar-refractivity contribution in [3.63, 3.8) is 0 Å². The van der Waals surface area contributed by atoms with Gasteiger partial charge in [0.15, 0.2) is 12.1 Å². The molecule has 0 aliphatic rings. The highest BCUT2D eigenvalue weighted by Crippen LogP contribution is 2.11. The van der Waals surface area contributed by atoms with E-state index in [-0.39, 0.29) is 36.7 Å². The van der Waals surface area contributed by atoms with Gasteiger partial charge in [0, 0.05) is 19.3 Å². The normalized spacial score (nSPS) is 14.2. The van der Waals surface area contributed by atoms with Crippen LogP contribution in [0.5, 0.6) is 0 Å². The Bertz CT molecular complexity index is 1450. The maximum absolute atomic E-state index is 12.7. The van der Waals surface area contributed by atoms with Gasteiger partial charge in [-0.25, -0.2) is 4.79 Å². The maximum Gasteiger partial charge on any atom is 0.362 e. The van der Waals surface area contributed by atoms with Crippen LogP contribution in [0.4, 0.5) is 0 Å². The molecule has 2 atom stereocenters. The van der Waals surface area contributed by atoms with E-state index < -0.39 is 24.1 Å². The largest absolute Gasteiger partial charge is 0.477 e. The summed E-state index contributed by atoms with van der Waals surface area (Å²) in [7, 11) is 5.48. The molecule has 0 bridgehead atoms. The zero-order valence-corrected chi connectivity index (χ0v) is 38.5. The quantitative estimate of drug-likeness (QED) is 0.0217. The average Bonchev–Trinajstić information content (AvgIpc) is 3.22. The number of aliphatic carboxylic acids is 1. The fourth-order valence-corrected chi connectivity index (χ4v) is 5.67. The molecule has 0 fully saturated rings. The van der Waals surface area contributed by atoms with Crippen LogP contribution in [0.15, 0.2) is 134 Å². The molecule has 0 aliphatic heterocycles. The molecule has 8 nitrogen and oxygen atoms in total. The summed E-state index contributed by atoms with van der Waals surface area (Å²) in [5.74, 6) is -1.63. The van der Waals surface area contributed by atoms with Gasteiger partial charge in [-0.2, -0.15) is 0 Å². The predicted octanol–water partition coefficient (Wildman–Crippen LogP) is 12.8. The average molecular weight is 845 g/mol. The fourth-order valence-electron chi connectivity index (χ4n) is 5.67. The van der Waals surface area contributed by atoms with Crippen LogP contribution in [0.1, 0.15) is 129 Å². The summed E-state index contributed by atoms with van der Waals surface area (Å²) in [6, 6.07) is -0.641. The molecule has 8 heteroatoms. The van der Waals surface area contributed by atoms with Gasteiger partial charge in [0.2, 0.25) is 0 Å². The van der Waals surface area contributed by atoms with Crippen LogP contribution >= 0.6 is 0 Å². The Morgan fingerprint density at radius 3 is 1.54 bits per heavy atom. The van der Waals surface area contributed by atoms with E-state index in [1.807, 2.05) is 69.8 Å². The highest BCUT2D eigenvalue weighted by Gasteiger charge is 2.31. The lowest BCUT2D eigenvalue weighted by atomic mass is 10.1. The topological polar surface area (TPSA) is 99.1 Å². The number of hydrogen-bond donors (Lipinski definition) is 1. The van der Waals surface area contributed by atoms with Crippen molar-refractivity contribution >= 4 is 17.9 Å². The van der Waals surface area contributed by atoms with Gasteiger partial charge in [0.25, 0.3) is 0 Å². The summed E-state index contributed by atoms with van der Waals surface area (Å²) in [6.45, 7) is 4.39. The van der Waals surface area contributed by atoms with E-state index in [1.54, 1.807) is 0 Å². The zero-order valence-electron chi connectivity index (χ0n) is 38.5. The van der Waals surface area contributed by atoms with Gasteiger partial charge in [-0.1, -0.05) is 173 Å². The molecule has 0 radical (unpaired) electrons. The highest BCUT2D eigenvalue weighted by molar-refractivity contribution is 5.72. The molecule has 2 unspecified atom stereocenters. The number of hydrogen-bond acceptors (Lipinski definition) is 6. The Morgan fingerprint density at radius 1 is 0.525 bits per heavy atom. The first kappa shape index (κ1) is 56.5. The SMILES string of the molecule is CC/C=C/C/C=C/C/C=C/C/C=C/C/C=C/C/C=C/CCC(=O)OC(COCCC(C(=O)O)[N+](C)(C)C)COC(=O)CCCCCCC/C=C/C=C/C=C/C=C/C=C/CCC. The summed E-state index contributed by atoms with van der Waals surface area (Å²) in [5.41, 5.74) is 0. The number of carboxylic acids is 1. The fraction of sp³-hybridized carbons (Fsp3) is 0.528. The molecule has 61 heavy (non-hydrogen) atoms. The predicted molar refractivity (Wildman–Crippen MR) is 256 cm³/mol. The smallest absolute Gasteiger partial charge is 0.362 e. The van der Waals surface area contributed by atoms with Crippen molar-refractivity contribution in [2.75, 3.05) is 41.0 Å². The number of esters is 2. The zero-order chi connectivity index (χ0) is 44.9. The molecule has 1 N–H and O–H groups in total. The van der Waals surface area contributed by atoms with Crippen molar-refractivity contribution in [2.45, 2.75) is 142 Å². The lowest BCUT2D eigenvalue weighted by molar-refractivity contribution is -0.887. The number of carboxylic acid groups (broad SMARTS) is 1. The third kappa shape index (κ3) is 40.6. The Hall–Kier alpha value is -4.53. The number of carbonyl (C=O) groups is 3. The molecule has 0 aromatic rings. The minimum absolute atomic E-state index is 0.0116. The molecular formula is C53H82NO7+. The van der Waals surface area contributed by atoms with Crippen molar-refractivity contribution in [1.29, 1.82) is 0 Å². The number of nitrogens with zero attached hydrogens (tertiary/aromatic N) is 1. The van der Waals surface area contributed by atoms with Crippen molar-refractivity contribution < 1.29 is 38.2 Å². The van der Waals surface area contributed by atoms with Crippen LogP contribution in [0, 0.1) is 0 Å². The summed E-state index contributed by atoms with van der Waals surface area (Å²) < 4.78 is 17.2. The lowest BCUT2D eigenvalue weighted by Gasteiger charge is -2.31. The standard InChI is InChI=1S/C53H81NO7/c1-6-8-10-12-14-16-18-20-22-24-26-28-30-32-34-36-38-40-42-44-52(56)61-49(47-59-46-45-50(53(57)58)54(3,4)5)48-60-51(55)43-41-39-37-35-33-31-29-27-25-23-21-19-17-15-13-11-9-7-2/h8,10-11,13-17,19-23,25-29,32,34,38,40,49-50H,6-7,9,12,18,24,30-31,33,35-37,39,41-48H2,1-5H3/p+1/b10-8+,13-11+,16-14+,17-15+,21-19+,22-20+,25-23+,28-26+,29-27+,34-32+,40-38+. The molecule has 0 spiro atoms. The second-order valence-electron chi connectivity index (χ2n) is 15.7. The van der Waals surface area contributed by atoms with Crippen LogP contribution in [-0.2, 0) is 28.6 Å². The van der Waals surface area contributed by atoms with E-state index in [4.69, 9.17) is 14.2 Å². The molecule has 0 rings (SSSR count). The van der Waals surface area contributed by atoms with Crippen molar-refractivity contribution in [3.8, 4) is 0 Å². The van der Waals surface area contributed by atoms with Gasteiger partial charge < -0.3 is 23.8 Å². The van der Waals surface area contributed by atoms with E-state index >= 15 is 0 Å². The number of rotatable bonds is 38. The molecule has 0 heterocycles. The van der Waals surface area contributed by atoms with Crippen LogP contribution in [0.2, 0.25) is 0 Å². The maximum atomic E-state index is 12.7. The van der Waals surface area contributed by atoms with Crippen LogP contribution in [0.25, 0.3) is 0 Å². The summed E-state index contributed by atoms with van der Waals surface area (Å²) >= 11 is 0. The first-order chi connectivity index (χ1) is 29.6. The first-order valence-corrected chi connectivity index (χ1v) is 22.8. The van der Waals surface area contributed by atoms with Crippen molar-refractivity contribution in [3.05, 3.63) is 134 Å². The van der Waals surface area contributed by atoms with E-state index in [0.29, 0.717) is 19.3 Å². The highest BCUT2D eigenvalue weighted by atomic mass is 16.6. The van der Waals surface area contributed by atoms with Crippen LogP contribution < -0.4 is 0 Å². The first-order valence-electron chi connectivity index (χ1n) is 22.8. The summed E-state index contributed by atoms with van der Waals surface area (Å²) in [4.78, 5) is 37.0. The Morgan fingerprint density at radius 2 is 1.02 bits per heavy atom. The van der Waals surface area contributed by atoms with E-state index in [0.717, 1.165) is 83.5 Å². The Balaban J connectivity index is 4.55. The number of carbonyl (C=O) groups excluding carboxylic acids is 2. The second kappa shape index (κ2) is 42.2. The Kier molecular flexibility index (Phi) is 39.0. The number of unbranched alkanes of at least 4 members (excludes halogenated alkanes) is 6. The van der Waals surface area contributed by atoms with Gasteiger partial charge in [-0.15, -0.1) is 0 Å². The summed E-state index contributed by atoms with van der Waals surface area (Å²) in [5, 5.41) is 9.63. The number of quaternary nitrogens is 1. The molecule has 0 saturated heterocycles. The van der Waals surface area contributed by atoms with E-state index in [1.165, 1.54) is 6.42 Å². The summed E-state index contributed by atoms with van der Waals surface area (Å²) in [6.07, 6.45) is 60.8. The molecule has 0 aromatic heterocycles. The van der Waals surface area contributed by atoms with E-state index in [2.05, 4.69) is 98.9 Å². The number of ether oxygens (including phenoxy) is 3. The molecule has 0 amide bonds. The minimum Gasteiger partial charge on any atom is -0.477 e. The van der Waals surface area contributed by atoms with Crippen molar-refractivity contribution in [1.82, 2.24) is 0 Å². The van der Waals surface area contributed by atoms with Crippen LogP contribution in [0.3, 0.4) is 0 Å². The van der Waals surface area contributed by atoms with Gasteiger partial charge in [0.1, 0.15) is 6.61 Å². The van der Waals surface area contributed by atoms with Gasteiger partial charge >= 0.3 is 17.9 Å². The monoisotopic (exact) mass is 845 g/mol. The third-order valence-electron chi connectivity index (χ3n) is 9.16.